The van der Waals surface area contributed by atoms with E-state index >= 15 is 0 Å². The van der Waals surface area contributed by atoms with E-state index < -0.39 is 0 Å². The molecule has 0 saturated heterocycles. The molecule has 6 heteroatoms. The second kappa shape index (κ2) is 6.45. The number of ketones is 1. The van der Waals surface area contributed by atoms with Crippen molar-refractivity contribution in [3.63, 3.8) is 0 Å². The zero-order valence-electron chi connectivity index (χ0n) is 14.0. The minimum atomic E-state index is -0.196. The number of amides is 1. The number of nitrogens with zero attached hydrogens (tertiary/aromatic N) is 2. The Balaban J connectivity index is 1.70. The summed E-state index contributed by atoms with van der Waals surface area (Å²) >= 11 is 0. The fourth-order valence-electron chi connectivity index (χ4n) is 2.92. The molecule has 1 fully saturated rings. The van der Waals surface area contributed by atoms with Gasteiger partial charge in [-0.05, 0) is 36.1 Å². The Bertz CT molecular complexity index is 1040. The van der Waals surface area contributed by atoms with E-state index in [1.165, 1.54) is 0 Å². The number of anilines is 1. The highest BCUT2D eigenvalue weighted by atomic mass is 16.2. The second-order valence-corrected chi connectivity index (χ2v) is 6.39. The number of fused-ring (bicyclic) bond motifs is 1. The SMILES string of the molecule is N#CCC(=O)c1ccc(-c2cc(NC(=O)C3CC3)nc3[nH]ccc23)cc1. The molecule has 1 aliphatic carbocycles. The molecular weight excluding hydrogens is 328 g/mol. The lowest BCUT2D eigenvalue weighted by Crippen LogP contribution is -2.14. The zero-order valence-corrected chi connectivity index (χ0v) is 14.0. The minimum absolute atomic E-state index is 0.00630. The van der Waals surface area contributed by atoms with Crippen molar-refractivity contribution < 1.29 is 9.59 Å². The first-order chi connectivity index (χ1) is 12.7. The van der Waals surface area contributed by atoms with Gasteiger partial charge in [0.1, 0.15) is 11.5 Å². The monoisotopic (exact) mass is 344 g/mol. The van der Waals surface area contributed by atoms with Gasteiger partial charge in [0, 0.05) is 23.1 Å². The van der Waals surface area contributed by atoms with Crippen LogP contribution in [0.4, 0.5) is 5.82 Å². The highest BCUT2D eigenvalue weighted by molar-refractivity contribution is 6.00. The summed E-state index contributed by atoms with van der Waals surface area (Å²) in [6.45, 7) is 0. The largest absolute Gasteiger partial charge is 0.346 e. The van der Waals surface area contributed by atoms with Crippen LogP contribution in [-0.2, 0) is 4.79 Å². The molecule has 0 aliphatic heterocycles. The lowest BCUT2D eigenvalue weighted by Gasteiger charge is -2.09. The van der Waals surface area contributed by atoms with E-state index in [1.54, 1.807) is 18.3 Å². The molecule has 0 bridgehead atoms. The van der Waals surface area contributed by atoms with Crippen LogP contribution < -0.4 is 5.32 Å². The Morgan fingerprint density at radius 1 is 1.23 bits per heavy atom. The summed E-state index contributed by atoms with van der Waals surface area (Å²) in [4.78, 5) is 31.4. The fraction of sp³-hybridized carbons (Fsp3) is 0.200. The normalized spacial score (nSPS) is 13.3. The van der Waals surface area contributed by atoms with E-state index in [0.29, 0.717) is 17.0 Å². The van der Waals surface area contributed by atoms with Gasteiger partial charge in [0.25, 0.3) is 0 Å². The first-order valence-corrected chi connectivity index (χ1v) is 8.45. The predicted molar refractivity (Wildman–Crippen MR) is 97.4 cm³/mol. The molecule has 2 N–H and O–H groups in total. The number of aromatic amines is 1. The van der Waals surface area contributed by atoms with E-state index in [2.05, 4.69) is 15.3 Å². The Morgan fingerprint density at radius 3 is 2.69 bits per heavy atom. The molecule has 2 aromatic heterocycles. The van der Waals surface area contributed by atoms with Gasteiger partial charge in [-0.2, -0.15) is 5.26 Å². The summed E-state index contributed by atoms with van der Waals surface area (Å²) in [5, 5.41) is 12.5. The van der Waals surface area contributed by atoms with E-state index in [1.807, 2.05) is 30.3 Å². The van der Waals surface area contributed by atoms with Crippen LogP contribution in [-0.4, -0.2) is 21.7 Å². The molecule has 1 amide bonds. The molecule has 0 radical (unpaired) electrons. The lowest BCUT2D eigenvalue weighted by molar-refractivity contribution is -0.117. The summed E-state index contributed by atoms with van der Waals surface area (Å²) < 4.78 is 0. The van der Waals surface area contributed by atoms with Crippen molar-refractivity contribution in [2.24, 2.45) is 5.92 Å². The standard InChI is InChI=1S/C20H16N4O2/c21-9-7-17(25)13-3-1-12(2-4-13)16-11-18(24-20(26)14-5-6-14)23-19-15(16)8-10-22-19/h1-4,8,10-11,14H,5-7H2,(H2,22,23,24,26). The maximum Gasteiger partial charge on any atom is 0.228 e. The van der Waals surface area contributed by atoms with Gasteiger partial charge in [0.2, 0.25) is 5.91 Å². The number of aromatic nitrogens is 2. The summed E-state index contributed by atoms with van der Waals surface area (Å²) in [6.07, 6.45) is 3.54. The van der Waals surface area contributed by atoms with Gasteiger partial charge in [-0.3, -0.25) is 9.59 Å². The van der Waals surface area contributed by atoms with Crippen LogP contribution in [0, 0.1) is 17.2 Å². The summed E-state index contributed by atoms with van der Waals surface area (Å²) in [5.74, 6) is 0.422. The molecule has 4 rings (SSSR count). The number of carbonyl (C=O) groups excluding carboxylic acids is 2. The third-order valence-corrected chi connectivity index (χ3v) is 4.49. The van der Waals surface area contributed by atoms with Gasteiger partial charge >= 0.3 is 0 Å². The van der Waals surface area contributed by atoms with Crippen molar-refractivity contribution in [3.05, 3.63) is 48.2 Å². The third-order valence-electron chi connectivity index (χ3n) is 4.49. The van der Waals surface area contributed by atoms with E-state index in [4.69, 9.17) is 5.26 Å². The molecule has 1 aromatic carbocycles. The number of benzene rings is 1. The number of rotatable bonds is 5. The van der Waals surface area contributed by atoms with E-state index in [-0.39, 0.29) is 24.0 Å². The Hall–Kier alpha value is -3.46. The molecule has 1 saturated carbocycles. The smallest absolute Gasteiger partial charge is 0.228 e. The van der Waals surface area contributed by atoms with Crippen LogP contribution in [0.1, 0.15) is 29.6 Å². The molecule has 26 heavy (non-hydrogen) atoms. The lowest BCUT2D eigenvalue weighted by atomic mass is 10.00. The molecule has 128 valence electrons. The van der Waals surface area contributed by atoms with Crippen LogP contribution in [0.25, 0.3) is 22.2 Å². The topological polar surface area (TPSA) is 98.6 Å². The number of carbonyl (C=O) groups is 2. The van der Waals surface area contributed by atoms with Crippen molar-refractivity contribution >= 4 is 28.5 Å². The molecule has 1 aliphatic rings. The van der Waals surface area contributed by atoms with Crippen molar-refractivity contribution in [2.75, 3.05) is 5.32 Å². The van der Waals surface area contributed by atoms with Crippen LogP contribution in [0.5, 0.6) is 0 Å². The summed E-state index contributed by atoms with van der Waals surface area (Å²) in [5.41, 5.74) is 3.03. The molecule has 0 spiro atoms. The van der Waals surface area contributed by atoms with Crippen molar-refractivity contribution in [3.8, 4) is 17.2 Å². The molecular formula is C20H16N4O2. The number of hydrogen-bond donors (Lipinski definition) is 2. The van der Waals surface area contributed by atoms with Crippen LogP contribution in [0.2, 0.25) is 0 Å². The Labute approximate surface area is 149 Å². The predicted octanol–water partition coefficient (Wildman–Crippen LogP) is 3.67. The van der Waals surface area contributed by atoms with Gasteiger partial charge in [-0.1, -0.05) is 24.3 Å². The quantitative estimate of drug-likeness (QED) is 0.690. The van der Waals surface area contributed by atoms with E-state index in [0.717, 1.165) is 29.4 Å². The number of nitriles is 1. The van der Waals surface area contributed by atoms with Crippen LogP contribution >= 0.6 is 0 Å². The molecule has 0 atom stereocenters. The molecule has 0 unspecified atom stereocenters. The highest BCUT2D eigenvalue weighted by Crippen LogP contribution is 2.33. The fourth-order valence-corrected chi connectivity index (χ4v) is 2.92. The Kier molecular flexibility index (Phi) is 3.98. The van der Waals surface area contributed by atoms with E-state index in [9.17, 15) is 9.59 Å². The minimum Gasteiger partial charge on any atom is -0.346 e. The van der Waals surface area contributed by atoms with Gasteiger partial charge < -0.3 is 10.3 Å². The molecule has 2 heterocycles. The maximum atomic E-state index is 12.1. The molecule has 3 aromatic rings. The first kappa shape index (κ1) is 16.0. The zero-order chi connectivity index (χ0) is 18.1. The van der Waals surface area contributed by atoms with Crippen molar-refractivity contribution in [2.45, 2.75) is 19.3 Å². The molecule has 6 nitrogen and oxygen atoms in total. The van der Waals surface area contributed by atoms with Gasteiger partial charge in [-0.25, -0.2) is 4.98 Å². The number of hydrogen-bond acceptors (Lipinski definition) is 4. The average Bonchev–Trinajstić information content (AvgIpc) is 3.40. The number of H-pyrrole nitrogens is 1. The first-order valence-electron chi connectivity index (χ1n) is 8.45. The highest BCUT2D eigenvalue weighted by Gasteiger charge is 2.30. The van der Waals surface area contributed by atoms with Gasteiger partial charge in [0.05, 0.1) is 12.5 Å². The van der Waals surface area contributed by atoms with Gasteiger partial charge in [0.15, 0.2) is 5.78 Å². The summed E-state index contributed by atoms with van der Waals surface area (Å²) in [7, 11) is 0. The number of Topliss-reactive ketones (excluding diaryl/α,β-unsaturated/α-hetero) is 1. The maximum absolute atomic E-state index is 12.1. The number of nitrogens with one attached hydrogen (secondary N) is 2. The Morgan fingerprint density at radius 2 is 2.00 bits per heavy atom. The average molecular weight is 344 g/mol. The summed E-state index contributed by atoms with van der Waals surface area (Å²) in [6, 6.07) is 12.8. The van der Waals surface area contributed by atoms with Gasteiger partial charge in [-0.15, -0.1) is 0 Å². The van der Waals surface area contributed by atoms with Crippen LogP contribution in [0.15, 0.2) is 42.6 Å². The third kappa shape index (κ3) is 3.07. The van der Waals surface area contributed by atoms with Crippen molar-refractivity contribution in [1.82, 2.24) is 9.97 Å². The van der Waals surface area contributed by atoms with Crippen molar-refractivity contribution in [1.29, 1.82) is 5.26 Å². The number of pyridine rings is 1. The second-order valence-electron chi connectivity index (χ2n) is 6.39. The van der Waals surface area contributed by atoms with Crippen LogP contribution in [0.3, 0.4) is 0 Å².